The van der Waals surface area contributed by atoms with Gasteiger partial charge in [0.05, 0.1) is 17.4 Å². The van der Waals surface area contributed by atoms with Crippen LogP contribution >= 0.6 is 11.3 Å². The lowest BCUT2D eigenvalue weighted by molar-refractivity contribution is 0.0702. The van der Waals surface area contributed by atoms with E-state index in [1.54, 1.807) is 22.0 Å². The van der Waals surface area contributed by atoms with Gasteiger partial charge in [-0.25, -0.2) is 14.5 Å². The normalized spacial score (nSPS) is 11.4. The lowest BCUT2D eigenvalue weighted by Gasteiger charge is -2.01. The van der Waals surface area contributed by atoms with Gasteiger partial charge in [0.15, 0.2) is 5.82 Å². The van der Waals surface area contributed by atoms with Crippen LogP contribution in [0.25, 0.3) is 15.9 Å². The average molecular weight is 314 g/mol. The molecule has 0 spiro atoms. The van der Waals surface area contributed by atoms with E-state index in [4.69, 9.17) is 0 Å². The third-order valence-electron chi connectivity index (χ3n) is 2.96. The smallest absolute Gasteiger partial charge is 0.345 e. The fourth-order valence-electron chi connectivity index (χ4n) is 2.01. The Morgan fingerprint density at radius 1 is 1.36 bits per heavy atom. The van der Waals surface area contributed by atoms with Crippen molar-refractivity contribution in [2.24, 2.45) is 4.99 Å². The second kappa shape index (κ2) is 5.61. The van der Waals surface area contributed by atoms with Crippen molar-refractivity contribution in [3.8, 4) is 5.69 Å². The van der Waals surface area contributed by atoms with Crippen LogP contribution in [-0.4, -0.2) is 46.2 Å². The van der Waals surface area contributed by atoms with Crippen molar-refractivity contribution in [1.29, 1.82) is 0 Å². The van der Waals surface area contributed by atoms with Gasteiger partial charge in [-0.15, -0.1) is 16.4 Å². The van der Waals surface area contributed by atoms with Crippen LogP contribution in [0.3, 0.4) is 0 Å². The summed E-state index contributed by atoms with van der Waals surface area (Å²) in [6.07, 6.45) is 1.65. The number of rotatable bonds is 4. The van der Waals surface area contributed by atoms with Crippen LogP contribution in [-0.2, 0) is 0 Å². The minimum absolute atomic E-state index is 0.276. The largest absolute Gasteiger partial charge is 0.477 e. The lowest BCUT2D eigenvalue weighted by Crippen LogP contribution is -2.07. The minimum atomic E-state index is -0.941. The van der Waals surface area contributed by atoms with Crippen molar-refractivity contribution in [2.75, 3.05) is 14.1 Å². The molecule has 2 aromatic heterocycles. The van der Waals surface area contributed by atoms with Gasteiger partial charge < -0.3 is 10.0 Å². The summed E-state index contributed by atoms with van der Waals surface area (Å²) < 4.78 is 1.73. The Kier molecular flexibility index (Phi) is 3.64. The first-order valence-corrected chi connectivity index (χ1v) is 7.40. The van der Waals surface area contributed by atoms with Gasteiger partial charge >= 0.3 is 5.97 Å². The van der Waals surface area contributed by atoms with Crippen molar-refractivity contribution < 1.29 is 9.90 Å². The highest BCUT2D eigenvalue weighted by Gasteiger charge is 2.18. The van der Waals surface area contributed by atoms with Crippen LogP contribution in [0, 0.1) is 0 Å². The van der Waals surface area contributed by atoms with E-state index in [1.165, 1.54) is 11.3 Å². The second-order valence-corrected chi connectivity index (χ2v) is 5.94. The third kappa shape index (κ3) is 2.58. The van der Waals surface area contributed by atoms with Crippen LogP contribution < -0.4 is 0 Å². The second-order valence-electron chi connectivity index (χ2n) is 4.91. The molecule has 0 aliphatic rings. The molecule has 112 valence electrons. The van der Waals surface area contributed by atoms with Gasteiger partial charge in [-0.3, -0.25) is 0 Å². The molecule has 1 aromatic carbocycles. The van der Waals surface area contributed by atoms with Crippen molar-refractivity contribution in [2.45, 2.75) is 0 Å². The number of carbonyl (C=O) groups is 1. The molecule has 0 unspecified atom stereocenters. The molecule has 3 rings (SSSR count). The molecule has 7 heteroatoms. The number of hydrogen-bond donors (Lipinski definition) is 1. The van der Waals surface area contributed by atoms with Crippen molar-refractivity contribution in [3.05, 3.63) is 41.3 Å². The number of aromatic carboxylic acids is 1. The summed E-state index contributed by atoms with van der Waals surface area (Å²) in [6.45, 7) is 0. The first-order chi connectivity index (χ1) is 10.6. The summed E-state index contributed by atoms with van der Waals surface area (Å²) in [4.78, 5) is 18.4. The number of aliphatic imine (C=N–C) groups is 1. The van der Waals surface area contributed by atoms with Gasteiger partial charge in [0, 0.05) is 14.1 Å². The highest BCUT2D eigenvalue weighted by Crippen LogP contribution is 2.34. The summed E-state index contributed by atoms with van der Waals surface area (Å²) in [5, 5.41) is 14.5. The maximum Gasteiger partial charge on any atom is 0.345 e. The monoisotopic (exact) mass is 314 g/mol. The third-order valence-corrected chi connectivity index (χ3v) is 4.06. The molecule has 0 amide bonds. The molecule has 0 bridgehead atoms. The maximum absolute atomic E-state index is 11.2. The summed E-state index contributed by atoms with van der Waals surface area (Å²) in [7, 11) is 3.73. The SMILES string of the molecule is CN(C)/C=N/c1nn(-c2ccccc2)c2sc(C(=O)O)cc12. The summed E-state index contributed by atoms with van der Waals surface area (Å²) >= 11 is 1.20. The van der Waals surface area contributed by atoms with E-state index >= 15 is 0 Å². The molecule has 1 N–H and O–H groups in total. The Hall–Kier alpha value is -2.67. The predicted octanol–water partition coefficient (Wildman–Crippen LogP) is 3.01. The number of benzene rings is 1. The Labute approximate surface area is 130 Å². The van der Waals surface area contributed by atoms with E-state index in [9.17, 15) is 9.90 Å². The van der Waals surface area contributed by atoms with Gasteiger partial charge in [0.1, 0.15) is 9.71 Å². The van der Waals surface area contributed by atoms with E-state index < -0.39 is 5.97 Å². The molecule has 2 heterocycles. The number of carboxylic acids is 1. The molecule has 0 radical (unpaired) electrons. The van der Waals surface area contributed by atoms with Crippen molar-refractivity contribution in [3.63, 3.8) is 0 Å². The van der Waals surface area contributed by atoms with Crippen LogP contribution in [0.4, 0.5) is 5.82 Å². The molecule has 0 aliphatic heterocycles. The fraction of sp³-hybridized carbons (Fsp3) is 0.133. The number of aromatic nitrogens is 2. The highest BCUT2D eigenvalue weighted by molar-refractivity contribution is 7.20. The van der Waals surface area contributed by atoms with Gasteiger partial charge in [-0.05, 0) is 18.2 Å². The van der Waals surface area contributed by atoms with Crippen molar-refractivity contribution in [1.82, 2.24) is 14.7 Å². The fourth-order valence-corrected chi connectivity index (χ4v) is 2.97. The quantitative estimate of drug-likeness (QED) is 0.593. The lowest BCUT2D eigenvalue weighted by atomic mass is 10.3. The van der Waals surface area contributed by atoms with E-state index in [0.717, 1.165) is 15.9 Å². The molecule has 0 fully saturated rings. The number of nitrogens with zero attached hydrogens (tertiary/aromatic N) is 4. The summed E-state index contributed by atoms with van der Waals surface area (Å²) in [6, 6.07) is 11.2. The van der Waals surface area contributed by atoms with Crippen LogP contribution in [0.15, 0.2) is 41.4 Å². The standard InChI is InChI=1S/C15H14N4O2S/c1-18(2)9-16-13-11-8-12(15(20)21)22-14(11)19(17-13)10-6-4-3-5-7-10/h3-9H,1-2H3,(H,20,21)/b16-9+. The molecule has 22 heavy (non-hydrogen) atoms. The van der Waals surface area contributed by atoms with E-state index in [-0.39, 0.29) is 4.88 Å². The molecule has 0 aliphatic carbocycles. The minimum Gasteiger partial charge on any atom is -0.477 e. The molecule has 3 aromatic rings. The molecule has 0 atom stereocenters. The van der Waals surface area contributed by atoms with E-state index in [0.29, 0.717) is 5.82 Å². The maximum atomic E-state index is 11.2. The number of carboxylic acid groups (broad SMARTS) is 1. The molecular formula is C15H14N4O2S. The molecular weight excluding hydrogens is 300 g/mol. The number of hydrogen-bond acceptors (Lipinski definition) is 4. The Morgan fingerprint density at radius 2 is 2.09 bits per heavy atom. The van der Waals surface area contributed by atoms with E-state index in [2.05, 4.69) is 10.1 Å². The van der Waals surface area contributed by atoms with Crippen LogP contribution in [0.2, 0.25) is 0 Å². The highest BCUT2D eigenvalue weighted by atomic mass is 32.1. The van der Waals surface area contributed by atoms with Crippen molar-refractivity contribution >= 4 is 39.7 Å². The summed E-state index contributed by atoms with van der Waals surface area (Å²) in [5.41, 5.74) is 0.873. The Bertz CT molecular complexity index is 849. The van der Waals surface area contributed by atoms with Crippen LogP contribution in [0.1, 0.15) is 9.67 Å². The first kappa shape index (κ1) is 14.3. The molecule has 6 nitrogen and oxygen atoms in total. The first-order valence-electron chi connectivity index (χ1n) is 6.58. The number of para-hydroxylation sites is 1. The van der Waals surface area contributed by atoms with Gasteiger partial charge in [0.2, 0.25) is 0 Å². The number of thiophene rings is 1. The summed E-state index contributed by atoms with van der Waals surface area (Å²) in [5.74, 6) is -0.431. The zero-order valence-electron chi connectivity index (χ0n) is 12.1. The number of fused-ring (bicyclic) bond motifs is 1. The van der Waals surface area contributed by atoms with Gasteiger partial charge in [-0.1, -0.05) is 18.2 Å². The van der Waals surface area contributed by atoms with Gasteiger partial charge in [0.25, 0.3) is 0 Å². The molecule has 0 saturated heterocycles. The Balaban J connectivity index is 2.21. The van der Waals surface area contributed by atoms with Crippen LogP contribution in [0.5, 0.6) is 0 Å². The van der Waals surface area contributed by atoms with E-state index in [1.807, 2.05) is 44.4 Å². The average Bonchev–Trinajstić information content (AvgIpc) is 3.05. The van der Waals surface area contributed by atoms with Gasteiger partial charge in [-0.2, -0.15) is 0 Å². The predicted molar refractivity (Wildman–Crippen MR) is 87.7 cm³/mol. The Morgan fingerprint density at radius 3 is 2.73 bits per heavy atom. The zero-order chi connectivity index (χ0) is 15.7. The molecule has 0 saturated carbocycles. The topological polar surface area (TPSA) is 70.7 Å². The zero-order valence-corrected chi connectivity index (χ0v) is 12.9.